The van der Waals surface area contributed by atoms with E-state index in [0.29, 0.717) is 0 Å². The van der Waals surface area contributed by atoms with E-state index in [9.17, 15) is 9.90 Å². The van der Waals surface area contributed by atoms with Crippen LogP contribution in [0.4, 0.5) is 0 Å². The molecule has 0 unspecified atom stereocenters. The molecule has 1 heterocycles. The fourth-order valence-electron chi connectivity index (χ4n) is 0.433. The van der Waals surface area contributed by atoms with Crippen LogP contribution in [0.1, 0.15) is 6.92 Å². The lowest BCUT2D eigenvalue weighted by Gasteiger charge is -1.88. The Morgan fingerprint density at radius 2 is 2.29 bits per heavy atom. The molecule has 3 heteroatoms. The molecule has 0 aromatic rings. The van der Waals surface area contributed by atoms with E-state index in [1.807, 2.05) is 0 Å². The molecule has 3 nitrogen and oxygen atoms in total. The van der Waals surface area contributed by atoms with Crippen LogP contribution in [0, 0.1) is 0 Å². The summed E-state index contributed by atoms with van der Waals surface area (Å²) in [5, 5.41) is 9.74. The van der Waals surface area contributed by atoms with Crippen LogP contribution in [0.25, 0.3) is 0 Å². The summed E-state index contributed by atoms with van der Waals surface area (Å²) in [5.41, 5.74) is 0. The van der Waals surface area contributed by atoms with E-state index in [0.717, 1.165) is 0 Å². The summed E-state index contributed by atoms with van der Waals surface area (Å²) in [5.74, 6) is -1.10. The van der Waals surface area contributed by atoms with E-state index in [1.165, 1.54) is 0 Å². The quantitative estimate of drug-likeness (QED) is 0.379. The summed E-state index contributed by atoms with van der Waals surface area (Å²) in [4.78, 5) is 9.74. The zero-order chi connectivity index (χ0) is 5.44. The van der Waals surface area contributed by atoms with E-state index >= 15 is 0 Å². The van der Waals surface area contributed by atoms with E-state index in [4.69, 9.17) is 0 Å². The topological polar surface area (TPSA) is 52.7 Å². The summed E-state index contributed by atoms with van der Waals surface area (Å²) in [7, 11) is 0. The second-order valence-electron chi connectivity index (χ2n) is 1.58. The van der Waals surface area contributed by atoms with Crippen LogP contribution in [0.5, 0.6) is 0 Å². The first kappa shape index (κ1) is 4.59. The first-order chi connectivity index (χ1) is 3.22. The second-order valence-corrected chi connectivity index (χ2v) is 1.58. The molecule has 0 spiro atoms. The predicted octanol–water partition coefficient (Wildman–Crippen LogP) is -1.48. The predicted molar refractivity (Wildman–Crippen MR) is 19.3 cm³/mol. The smallest absolute Gasteiger partial charge is 0.123 e. The standard InChI is InChI=1S/C4H6O3/c1-2-3(7-2)4(5)6/h2-3H,1H3,(H,5,6)/p-1/t2-,3+/m1/s1. The van der Waals surface area contributed by atoms with Gasteiger partial charge in [-0.15, -0.1) is 0 Å². The number of hydrogen-bond acceptors (Lipinski definition) is 3. The molecule has 0 N–H and O–H groups in total. The lowest BCUT2D eigenvalue weighted by Crippen LogP contribution is -2.28. The summed E-state index contributed by atoms with van der Waals surface area (Å²) < 4.78 is 4.52. The minimum Gasteiger partial charge on any atom is -0.547 e. The molecule has 0 saturated carbocycles. The summed E-state index contributed by atoms with van der Waals surface area (Å²) >= 11 is 0. The summed E-state index contributed by atoms with van der Waals surface area (Å²) in [6.45, 7) is 1.69. The van der Waals surface area contributed by atoms with Crippen LogP contribution in [-0.2, 0) is 9.53 Å². The molecule has 7 heavy (non-hydrogen) atoms. The van der Waals surface area contributed by atoms with Crippen LogP contribution in [0.2, 0.25) is 0 Å². The van der Waals surface area contributed by atoms with Gasteiger partial charge in [-0.2, -0.15) is 0 Å². The number of carboxylic acid groups (broad SMARTS) is 1. The highest BCUT2D eigenvalue weighted by Crippen LogP contribution is 2.19. The molecule has 1 rings (SSSR count). The van der Waals surface area contributed by atoms with Gasteiger partial charge in [0.2, 0.25) is 0 Å². The van der Waals surface area contributed by atoms with Gasteiger partial charge < -0.3 is 14.6 Å². The third-order valence-corrected chi connectivity index (χ3v) is 0.943. The van der Waals surface area contributed by atoms with Crippen LogP contribution in [0.3, 0.4) is 0 Å². The minimum absolute atomic E-state index is 0.120. The Hall–Kier alpha value is -0.570. The van der Waals surface area contributed by atoms with Gasteiger partial charge in [0, 0.05) is 0 Å². The van der Waals surface area contributed by atoms with Crippen molar-refractivity contribution in [3.8, 4) is 0 Å². The van der Waals surface area contributed by atoms with Gasteiger partial charge in [0.05, 0.1) is 12.1 Å². The fraction of sp³-hybridized carbons (Fsp3) is 0.750. The Labute approximate surface area is 40.9 Å². The van der Waals surface area contributed by atoms with Gasteiger partial charge in [-0.1, -0.05) is 0 Å². The molecule has 0 aromatic carbocycles. The van der Waals surface area contributed by atoms with Gasteiger partial charge in [0.1, 0.15) is 6.10 Å². The van der Waals surface area contributed by atoms with Crippen LogP contribution in [-0.4, -0.2) is 18.2 Å². The average molecular weight is 101 g/mol. The maximum Gasteiger partial charge on any atom is 0.123 e. The summed E-state index contributed by atoms with van der Waals surface area (Å²) in [6, 6.07) is 0. The number of rotatable bonds is 1. The van der Waals surface area contributed by atoms with Crippen molar-refractivity contribution in [2.24, 2.45) is 0 Å². The first-order valence-electron chi connectivity index (χ1n) is 2.08. The van der Waals surface area contributed by atoms with Gasteiger partial charge in [0.15, 0.2) is 0 Å². The number of carbonyl (C=O) groups excluding carboxylic acids is 1. The molecule has 0 amide bonds. The molecule has 2 atom stereocenters. The fourth-order valence-corrected chi connectivity index (χ4v) is 0.433. The molecule has 0 aliphatic carbocycles. The van der Waals surface area contributed by atoms with Gasteiger partial charge in [0.25, 0.3) is 0 Å². The van der Waals surface area contributed by atoms with Crippen molar-refractivity contribution in [2.75, 3.05) is 0 Å². The zero-order valence-corrected chi connectivity index (χ0v) is 3.88. The number of ether oxygens (including phenoxy) is 1. The van der Waals surface area contributed by atoms with Crippen molar-refractivity contribution in [2.45, 2.75) is 19.1 Å². The van der Waals surface area contributed by atoms with Crippen molar-refractivity contribution in [3.05, 3.63) is 0 Å². The SMILES string of the molecule is C[C@H]1O[C@@H]1C(=O)[O-]. The van der Waals surface area contributed by atoms with E-state index in [1.54, 1.807) is 6.92 Å². The van der Waals surface area contributed by atoms with E-state index in [-0.39, 0.29) is 6.10 Å². The molecule has 0 bridgehead atoms. The molecular weight excluding hydrogens is 96.0 g/mol. The monoisotopic (exact) mass is 101 g/mol. The third kappa shape index (κ3) is 0.718. The Morgan fingerprint density at radius 1 is 1.86 bits per heavy atom. The maximum absolute atomic E-state index is 9.74. The molecule has 40 valence electrons. The average Bonchev–Trinajstić information content (AvgIpc) is 2.17. The van der Waals surface area contributed by atoms with Crippen LogP contribution >= 0.6 is 0 Å². The Balaban J connectivity index is 2.33. The number of hydrogen-bond donors (Lipinski definition) is 0. The van der Waals surface area contributed by atoms with Crippen molar-refractivity contribution >= 4 is 5.97 Å². The number of aliphatic carboxylic acids is 1. The van der Waals surface area contributed by atoms with Gasteiger partial charge in [-0.05, 0) is 6.92 Å². The lowest BCUT2D eigenvalue weighted by molar-refractivity contribution is -0.307. The minimum atomic E-state index is -1.10. The van der Waals surface area contributed by atoms with Crippen molar-refractivity contribution in [1.29, 1.82) is 0 Å². The number of carbonyl (C=O) groups is 1. The molecule has 0 aromatic heterocycles. The van der Waals surface area contributed by atoms with E-state index < -0.39 is 12.1 Å². The van der Waals surface area contributed by atoms with Crippen LogP contribution in [0.15, 0.2) is 0 Å². The highest BCUT2D eigenvalue weighted by Gasteiger charge is 2.35. The van der Waals surface area contributed by atoms with Crippen molar-refractivity contribution in [1.82, 2.24) is 0 Å². The lowest BCUT2D eigenvalue weighted by atomic mass is 10.4. The second kappa shape index (κ2) is 1.20. The third-order valence-electron chi connectivity index (χ3n) is 0.943. The Kier molecular flexibility index (Phi) is 0.785. The van der Waals surface area contributed by atoms with Gasteiger partial charge >= 0.3 is 0 Å². The van der Waals surface area contributed by atoms with Gasteiger partial charge in [-0.3, -0.25) is 0 Å². The molecule has 0 radical (unpaired) electrons. The van der Waals surface area contributed by atoms with Gasteiger partial charge in [-0.25, -0.2) is 0 Å². The molecular formula is C4H5O3-. The van der Waals surface area contributed by atoms with Crippen LogP contribution < -0.4 is 5.11 Å². The number of epoxide rings is 1. The van der Waals surface area contributed by atoms with Crippen molar-refractivity contribution in [3.63, 3.8) is 0 Å². The Bertz CT molecular complexity index is 99.1. The van der Waals surface area contributed by atoms with Crippen molar-refractivity contribution < 1.29 is 14.6 Å². The molecule has 1 saturated heterocycles. The first-order valence-corrected chi connectivity index (χ1v) is 2.08. The highest BCUT2D eigenvalue weighted by molar-refractivity contribution is 5.73. The molecule has 1 fully saturated rings. The molecule has 1 aliphatic rings. The summed E-state index contributed by atoms with van der Waals surface area (Å²) in [6.07, 6.45) is -0.745. The normalized spacial score (nSPS) is 37.9. The molecule has 1 aliphatic heterocycles. The largest absolute Gasteiger partial charge is 0.547 e. The Morgan fingerprint density at radius 3 is 2.29 bits per heavy atom. The zero-order valence-electron chi connectivity index (χ0n) is 3.88. The maximum atomic E-state index is 9.74. The number of carboxylic acids is 1. The van der Waals surface area contributed by atoms with E-state index in [2.05, 4.69) is 4.74 Å². The highest BCUT2D eigenvalue weighted by atomic mass is 16.6.